The van der Waals surface area contributed by atoms with E-state index in [2.05, 4.69) is 9.97 Å². The van der Waals surface area contributed by atoms with Crippen molar-refractivity contribution in [2.24, 2.45) is 5.92 Å². The quantitative estimate of drug-likeness (QED) is 0.850. The summed E-state index contributed by atoms with van der Waals surface area (Å²) in [6.07, 6.45) is 4.91. The molecule has 0 N–H and O–H groups in total. The van der Waals surface area contributed by atoms with Gasteiger partial charge in [-0.05, 0) is 25.3 Å². The molecule has 4 heterocycles. The van der Waals surface area contributed by atoms with Crippen LogP contribution in [0.15, 0.2) is 42.7 Å². The second kappa shape index (κ2) is 6.86. The summed E-state index contributed by atoms with van der Waals surface area (Å²) < 4.78 is 0. The van der Waals surface area contributed by atoms with Crippen molar-refractivity contribution in [2.45, 2.75) is 32.4 Å². The zero-order valence-electron chi connectivity index (χ0n) is 14.8. The van der Waals surface area contributed by atoms with Crippen LogP contribution in [0.2, 0.25) is 0 Å². The molecule has 0 saturated carbocycles. The molecule has 2 unspecified atom stereocenters. The molecule has 26 heavy (non-hydrogen) atoms. The van der Waals surface area contributed by atoms with Gasteiger partial charge in [-0.2, -0.15) is 0 Å². The number of rotatable bonds is 3. The number of aryl methyl sites for hydroxylation is 1. The van der Waals surface area contributed by atoms with Crippen LogP contribution >= 0.6 is 0 Å². The van der Waals surface area contributed by atoms with Crippen LogP contribution in [0.25, 0.3) is 0 Å². The van der Waals surface area contributed by atoms with Crippen LogP contribution in [0.3, 0.4) is 0 Å². The third kappa shape index (κ3) is 3.19. The minimum Gasteiger partial charge on any atom is -0.334 e. The van der Waals surface area contributed by atoms with E-state index in [4.69, 9.17) is 0 Å². The molecule has 6 heteroatoms. The maximum absolute atomic E-state index is 12.9. The fourth-order valence-electron chi connectivity index (χ4n) is 3.86. The van der Waals surface area contributed by atoms with Crippen molar-refractivity contribution in [3.8, 4) is 0 Å². The zero-order valence-corrected chi connectivity index (χ0v) is 14.8. The van der Waals surface area contributed by atoms with Gasteiger partial charge in [-0.1, -0.05) is 30.3 Å². The van der Waals surface area contributed by atoms with E-state index in [0.717, 1.165) is 24.1 Å². The Bertz CT molecular complexity index is 806. The van der Waals surface area contributed by atoms with Crippen molar-refractivity contribution in [3.05, 3.63) is 59.7 Å². The normalized spacial score (nSPS) is 22.4. The summed E-state index contributed by atoms with van der Waals surface area (Å²) in [7, 11) is 0. The molecule has 2 bridgehead atoms. The Morgan fingerprint density at radius 3 is 2.65 bits per heavy atom. The summed E-state index contributed by atoms with van der Waals surface area (Å²) in [4.78, 5) is 37.9. The molecule has 1 aromatic heterocycles. The summed E-state index contributed by atoms with van der Waals surface area (Å²) in [6.45, 7) is 3.47. The Labute approximate surface area is 152 Å². The first-order valence-electron chi connectivity index (χ1n) is 9.04. The molecule has 3 fully saturated rings. The number of amides is 2. The second-order valence-corrected chi connectivity index (χ2v) is 7.13. The van der Waals surface area contributed by atoms with Crippen molar-refractivity contribution in [3.63, 3.8) is 0 Å². The van der Waals surface area contributed by atoms with Crippen molar-refractivity contribution < 1.29 is 9.59 Å². The Hall–Kier alpha value is -2.76. The Morgan fingerprint density at radius 1 is 1.12 bits per heavy atom. The molecular formula is C20H22N4O2. The standard InChI is InChI=1S/C20H22N4O2/c1-14-9-22-18(10-21-14)20(26)23-12-16-7-8-17(13-23)24(19(16)25)11-15-5-3-2-4-6-15/h2-6,9-10,16-17H,7-8,11-13H2,1H3. The molecule has 1 aromatic carbocycles. The molecule has 3 saturated heterocycles. The van der Waals surface area contributed by atoms with Crippen LogP contribution in [0.5, 0.6) is 0 Å². The van der Waals surface area contributed by atoms with Crippen molar-refractivity contribution in [1.82, 2.24) is 19.8 Å². The van der Waals surface area contributed by atoms with Gasteiger partial charge in [0.15, 0.2) is 0 Å². The molecule has 6 nitrogen and oxygen atoms in total. The van der Waals surface area contributed by atoms with Gasteiger partial charge in [-0.15, -0.1) is 0 Å². The number of hydrogen-bond donors (Lipinski definition) is 0. The lowest BCUT2D eigenvalue weighted by atomic mass is 9.93. The van der Waals surface area contributed by atoms with E-state index in [1.165, 1.54) is 6.20 Å². The minimum absolute atomic E-state index is 0.0591. The first kappa shape index (κ1) is 16.7. The lowest BCUT2D eigenvalue weighted by Crippen LogP contribution is -2.47. The Morgan fingerprint density at radius 2 is 1.92 bits per heavy atom. The molecule has 3 aliphatic heterocycles. The summed E-state index contributed by atoms with van der Waals surface area (Å²) in [5.74, 6) is -0.0982. The van der Waals surface area contributed by atoms with Crippen molar-refractivity contribution in [1.29, 1.82) is 0 Å². The predicted octanol–water partition coefficient (Wildman–Crippen LogP) is 2.05. The molecule has 0 aliphatic carbocycles. The summed E-state index contributed by atoms with van der Waals surface area (Å²) in [5.41, 5.74) is 2.25. The van der Waals surface area contributed by atoms with E-state index >= 15 is 0 Å². The number of benzene rings is 1. The third-order valence-electron chi connectivity index (χ3n) is 5.28. The maximum atomic E-state index is 12.9. The van der Waals surface area contributed by atoms with E-state index in [9.17, 15) is 9.59 Å². The highest BCUT2D eigenvalue weighted by Crippen LogP contribution is 2.30. The number of aromatic nitrogens is 2. The number of carbonyl (C=O) groups is 2. The van der Waals surface area contributed by atoms with E-state index in [1.54, 1.807) is 11.1 Å². The number of fused-ring (bicyclic) bond motifs is 4. The average Bonchev–Trinajstić information content (AvgIpc) is 2.95. The second-order valence-electron chi connectivity index (χ2n) is 7.13. The van der Waals surface area contributed by atoms with E-state index in [-0.39, 0.29) is 23.8 Å². The molecule has 0 radical (unpaired) electrons. The summed E-state index contributed by atoms with van der Waals surface area (Å²) in [6, 6.07) is 10.1. The van der Waals surface area contributed by atoms with Crippen LogP contribution in [0.1, 0.15) is 34.6 Å². The number of carbonyl (C=O) groups excluding carboxylic acids is 2. The van der Waals surface area contributed by atoms with Crippen LogP contribution in [-0.2, 0) is 11.3 Å². The van der Waals surface area contributed by atoms with Crippen LogP contribution in [-0.4, -0.2) is 50.7 Å². The van der Waals surface area contributed by atoms with Crippen LogP contribution < -0.4 is 0 Å². The number of nitrogens with zero attached hydrogens (tertiary/aromatic N) is 4. The van der Waals surface area contributed by atoms with Gasteiger partial charge in [-0.3, -0.25) is 14.6 Å². The SMILES string of the molecule is Cc1cnc(C(=O)N2CC3CCC(C2)N(Cc2ccccc2)C3=O)cn1. The van der Waals surface area contributed by atoms with Crippen molar-refractivity contribution in [2.75, 3.05) is 13.1 Å². The van der Waals surface area contributed by atoms with Crippen LogP contribution in [0.4, 0.5) is 0 Å². The molecule has 0 spiro atoms. The van der Waals surface area contributed by atoms with Gasteiger partial charge in [0.05, 0.1) is 17.8 Å². The molecule has 3 aliphatic rings. The fourth-order valence-corrected chi connectivity index (χ4v) is 3.86. The topological polar surface area (TPSA) is 66.4 Å². The van der Waals surface area contributed by atoms with Gasteiger partial charge in [-0.25, -0.2) is 4.98 Å². The van der Waals surface area contributed by atoms with Gasteiger partial charge in [0.2, 0.25) is 5.91 Å². The van der Waals surface area contributed by atoms with Gasteiger partial charge in [0.25, 0.3) is 5.91 Å². The molecule has 5 rings (SSSR count). The fraction of sp³-hybridized carbons (Fsp3) is 0.400. The number of hydrogen-bond acceptors (Lipinski definition) is 4. The number of piperidine rings is 1. The molecule has 134 valence electrons. The predicted molar refractivity (Wildman–Crippen MR) is 96.2 cm³/mol. The van der Waals surface area contributed by atoms with E-state index in [1.807, 2.05) is 42.2 Å². The highest BCUT2D eigenvalue weighted by molar-refractivity contribution is 5.93. The van der Waals surface area contributed by atoms with Gasteiger partial charge >= 0.3 is 0 Å². The maximum Gasteiger partial charge on any atom is 0.274 e. The van der Waals surface area contributed by atoms with Crippen molar-refractivity contribution >= 4 is 11.8 Å². The highest BCUT2D eigenvalue weighted by atomic mass is 16.2. The van der Waals surface area contributed by atoms with Crippen LogP contribution in [0, 0.1) is 12.8 Å². The molecule has 2 amide bonds. The minimum atomic E-state index is -0.135. The molecule has 2 atom stereocenters. The Kier molecular flexibility index (Phi) is 4.41. The lowest BCUT2D eigenvalue weighted by Gasteiger charge is -2.36. The smallest absolute Gasteiger partial charge is 0.274 e. The average molecular weight is 350 g/mol. The van der Waals surface area contributed by atoms with Gasteiger partial charge in [0, 0.05) is 31.9 Å². The third-order valence-corrected chi connectivity index (χ3v) is 5.28. The van der Waals surface area contributed by atoms with E-state index in [0.29, 0.717) is 25.3 Å². The molecule has 2 aromatic rings. The highest BCUT2D eigenvalue weighted by Gasteiger charge is 2.42. The van der Waals surface area contributed by atoms with E-state index < -0.39 is 0 Å². The first-order valence-corrected chi connectivity index (χ1v) is 9.04. The lowest BCUT2D eigenvalue weighted by molar-refractivity contribution is -0.140. The Balaban J connectivity index is 1.54. The summed E-state index contributed by atoms with van der Waals surface area (Å²) in [5, 5.41) is 0. The summed E-state index contributed by atoms with van der Waals surface area (Å²) >= 11 is 0. The first-order chi connectivity index (χ1) is 12.6. The monoisotopic (exact) mass is 350 g/mol. The van der Waals surface area contributed by atoms with Gasteiger partial charge < -0.3 is 9.80 Å². The molecular weight excluding hydrogens is 328 g/mol. The zero-order chi connectivity index (χ0) is 18.1. The van der Waals surface area contributed by atoms with Gasteiger partial charge in [0.1, 0.15) is 5.69 Å². The largest absolute Gasteiger partial charge is 0.334 e.